The summed E-state index contributed by atoms with van der Waals surface area (Å²) in [5.41, 5.74) is 0.353. The number of carbonyl (C=O) groups is 1. The lowest BCUT2D eigenvalue weighted by atomic mass is 10.1. The second kappa shape index (κ2) is 6.42. The summed E-state index contributed by atoms with van der Waals surface area (Å²) in [6.45, 7) is 0.111. The Morgan fingerprint density at radius 1 is 1.28 bits per heavy atom. The van der Waals surface area contributed by atoms with Crippen molar-refractivity contribution in [1.29, 1.82) is 0 Å². The Morgan fingerprint density at radius 2 is 2.00 bits per heavy atom. The topological polar surface area (TPSA) is 53.4 Å². The first kappa shape index (κ1) is 17.3. The third-order valence-corrected chi connectivity index (χ3v) is 3.93. The van der Waals surface area contributed by atoms with E-state index in [0.29, 0.717) is 24.3 Å². The summed E-state index contributed by atoms with van der Waals surface area (Å²) in [6, 6.07) is 8.56. The van der Waals surface area contributed by atoms with Gasteiger partial charge in [0, 0.05) is 18.7 Å². The predicted octanol–water partition coefficient (Wildman–Crippen LogP) is 3.58. The summed E-state index contributed by atoms with van der Waals surface area (Å²) in [4.78, 5) is 11.3. The molecule has 1 heterocycles. The van der Waals surface area contributed by atoms with Gasteiger partial charge in [-0.25, -0.2) is 0 Å². The molecule has 0 bridgehead atoms. The average Bonchev–Trinajstić information content (AvgIpc) is 3.16. The quantitative estimate of drug-likeness (QED) is 0.744. The number of benzene rings is 1. The number of carbonyl (C=O) groups excluding carboxylic acids is 1. The molecule has 0 saturated heterocycles. The maximum absolute atomic E-state index is 12.6. The van der Waals surface area contributed by atoms with E-state index >= 15 is 0 Å². The van der Waals surface area contributed by atoms with Crippen LogP contribution in [0.2, 0.25) is 0 Å². The highest BCUT2D eigenvalue weighted by Crippen LogP contribution is 2.52. The second-order valence-electron chi connectivity index (χ2n) is 5.97. The number of alkyl halides is 3. The van der Waals surface area contributed by atoms with E-state index in [0.717, 1.165) is 10.2 Å². The second-order valence-corrected chi connectivity index (χ2v) is 5.97. The number of rotatable bonds is 6. The van der Waals surface area contributed by atoms with Crippen molar-refractivity contribution in [2.24, 2.45) is 0 Å². The van der Waals surface area contributed by atoms with Gasteiger partial charge in [0.1, 0.15) is 24.5 Å². The van der Waals surface area contributed by atoms with Crippen LogP contribution in [0, 0.1) is 0 Å². The number of hydrogen-bond acceptors (Lipinski definition) is 4. The summed E-state index contributed by atoms with van der Waals surface area (Å²) < 4.78 is 49.7. The van der Waals surface area contributed by atoms with Gasteiger partial charge in [0.2, 0.25) is 0 Å². The molecule has 0 N–H and O–H groups in total. The molecule has 25 heavy (non-hydrogen) atoms. The molecular formula is C17H17F3N2O3. The van der Waals surface area contributed by atoms with Crippen LogP contribution >= 0.6 is 0 Å². The molecular weight excluding hydrogens is 337 g/mol. The number of halogens is 3. The fourth-order valence-corrected chi connectivity index (χ4v) is 2.73. The summed E-state index contributed by atoms with van der Waals surface area (Å²) in [5.74, 6) is 0.108. The summed E-state index contributed by atoms with van der Waals surface area (Å²) >= 11 is 0. The summed E-state index contributed by atoms with van der Waals surface area (Å²) in [7, 11) is 0. The number of esters is 1. The summed E-state index contributed by atoms with van der Waals surface area (Å²) in [5, 5.41) is 3.68. The van der Waals surface area contributed by atoms with Gasteiger partial charge in [0.25, 0.3) is 0 Å². The smallest absolute Gasteiger partial charge is 0.408 e. The van der Waals surface area contributed by atoms with Crippen LogP contribution in [0.3, 0.4) is 0 Å². The van der Waals surface area contributed by atoms with Gasteiger partial charge in [-0.2, -0.15) is 18.3 Å². The van der Waals surface area contributed by atoms with Crippen molar-refractivity contribution in [3.05, 3.63) is 47.8 Å². The minimum absolute atomic E-state index is 0.0662. The molecule has 0 radical (unpaired) electrons. The maximum Gasteiger partial charge on any atom is 0.408 e. The van der Waals surface area contributed by atoms with Gasteiger partial charge in [-0.1, -0.05) is 18.2 Å². The van der Waals surface area contributed by atoms with Crippen molar-refractivity contribution in [2.75, 3.05) is 0 Å². The van der Waals surface area contributed by atoms with E-state index in [2.05, 4.69) is 5.10 Å². The molecule has 8 heteroatoms. The Labute approximate surface area is 142 Å². The molecule has 1 aromatic carbocycles. The van der Waals surface area contributed by atoms with Gasteiger partial charge in [-0.05, 0) is 25.0 Å². The fraction of sp³-hybridized carbons (Fsp3) is 0.412. The molecule has 0 aliphatic heterocycles. The van der Waals surface area contributed by atoms with E-state index in [-0.39, 0.29) is 12.6 Å². The Balaban J connectivity index is 1.75. The van der Waals surface area contributed by atoms with Crippen molar-refractivity contribution in [3.8, 4) is 5.75 Å². The third kappa shape index (κ3) is 4.12. The zero-order chi connectivity index (χ0) is 18.1. The molecule has 0 atom stereocenters. The van der Waals surface area contributed by atoms with Crippen LogP contribution in [-0.2, 0) is 28.3 Å². The number of ether oxygens (including phenoxy) is 2. The third-order valence-electron chi connectivity index (χ3n) is 3.93. The molecule has 3 rings (SSSR count). The molecule has 1 aromatic heterocycles. The van der Waals surface area contributed by atoms with Crippen molar-refractivity contribution in [3.63, 3.8) is 0 Å². The van der Waals surface area contributed by atoms with Crippen LogP contribution in [0.1, 0.15) is 31.0 Å². The van der Waals surface area contributed by atoms with Crippen LogP contribution in [0.25, 0.3) is 0 Å². The average molecular weight is 354 g/mol. The van der Waals surface area contributed by atoms with E-state index in [1.807, 2.05) is 0 Å². The highest BCUT2D eigenvalue weighted by Gasteiger charge is 2.49. The van der Waals surface area contributed by atoms with Crippen LogP contribution < -0.4 is 4.74 Å². The van der Waals surface area contributed by atoms with E-state index in [4.69, 9.17) is 9.47 Å². The lowest BCUT2D eigenvalue weighted by Crippen LogP contribution is -2.21. The standard InChI is InChI=1S/C17H17F3N2O3/c1-12(23)25-16(7-8-16)14-4-2-3-5-15(14)24-10-13-6-9-21-22(13)11-17(18,19)20/h2-6,9H,7-8,10-11H2,1H3. The highest BCUT2D eigenvalue weighted by atomic mass is 19.4. The van der Waals surface area contributed by atoms with Gasteiger partial charge in [0.15, 0.2) is 0 Å². The van der Waals surface area contributed by atoms with E-state index in [1.165, 1.54) is 19.2 Å². The van der Waals surface area contributed by atoms with Gasteiger partial charge < -0.3 is 9.47 Å². The zero-order valence-corrected chi connectivity index (χ0v) is 13.5. The Morgan fingerprint density at radius 3 is 2.64 bits per heavy atom. The van der Waals surface area contributed by atoms with Crippen molar-refractivity contribution in [2.45, 2.75) is 44.7 Å². The van der Waals surface area contributed by atoms with Gasteiger partial charge >= 0.3 is 12.1 Å². The number of para-hydroxylation sites is 1. The van der Waals surface area contributed by atoms with Gasteiger partial charge in [-0.15, -0.1) is 0 Å². The van der Waals surface area contributed by atoms with Gasteiger partial charge in [0.05, 0.1) is 5.69 Å². The first-order valence-electron chi connectivity index (χ1n) is 7.78. The monoisotopic (exact) mass is 354 g/mol. The molecule has 0 spiro atoms. The Bertz CT molecular complexity index is 766. The molecule has 1 aliphatic carbocycles. The SMILES string of the molecule is CC(=O)OC1(c2ccccc2OCc2ccnn2CC(F)(F)F)CC1. The van der Waals surface area contributed by atoms with Crippen molar-refractivity contribution in [1.82, 2.24) is 9.78 Å². The Hall–Kier alpha value is -2.51. The molecule has 134 valence electrons. The first-order chi connectivity index (χ1) is 11.8. The molecule has 0 amide bonds. The number of aromatic nitrogens is 2. The lowest BCUT2D eigenvalue weighted by Gasteiger charge is -2.20. The number of hydrogen-bond donors (Lipinski definition) is 0. The molecule has 0 unspecified atom stereocenters. The predicted molar refractivity (Wildman–Crippen MR) is 81.7 cm³/mol. The highest BCUT2D eigenvalue weighted by molar-refractivity contribution is 5.67. The lowest BCUT2D eigenvalue weighted by molar-refractivity contribution is -0.149. The van der Waals surface area contributed by atoms with Crippen LogP contribution in [0.4, 0.5) is 13.2 Å². The molecule has 1 saturated carbocycles. The maximum atomic E-state index is 12.6. The first-order valence-corrected chi connectivity index (χ1v) is 7.78. The van der Waals surface area contributed by atoms with Crippen LogP contribution in [-0.4, -0.2) is 21.9 Å². The number of nitrogens with zero attached hydrogens (tertiary/aromatic N) is 2. The largest absolute Gasteiger partial charge is 0.487 e. The van der Waals surface area contributed by atoms with Crippen LogP contribution in [0.15, 0.2) is 36.5 Å². The van der Waals surface area contributed by atoms with E-state index in [1.54, 1.807) is 24.3 Å². The van der Waals surface area contributed by atoms with Crippen molar-refractivity contribution < 1.29 is 27.4 Å². The van der Waals surface area contributed by atoms with E-state index in [9.17, 15) is 18.0 Å². The van der Waals surface area contributed by atoms with E-state index < -0.39 is 18.3 Å². The molecule has 2 aromatic rings. The van der Waals surface area contributed by atoms with Crippen molar-refractivity contribution >= 4 is 5.97 Å². The fourth-order valence-electron chi connectivity index (χ4n) is 2.73. The molecule has 1 fully saturated rings. The minimum Gasteiger partial charge on any atom is -0.487 e. The molecule has 1 aliphatic rings. The minimum atomic E-state index is -4.36. The normalized spacial score (nSPS) is 15.7. The zero-order valence-electron chi connectivity index (χ0n) is 13.5. The van der Waals surface area contributed by atoms with Gasteiger partial charge in [-0.3, -0.25) is 9.48 Å². The summed E-state index contributed by atoms with van der Waals surface area (Å²) in [6.07, 6.45) is -1.67. The Kier molecular flexibility index (Phi) is 4.45. The van der Waals surface area contributed by atoms with Crippen LogP contribution in [0.5, 0.6) is 5.75 Å². The molecule has 5 nitrogen and oxygen atoms in total.